The first-order valence-electron chi connectivity index (χ1n) is 64.8. The minimum atomic E-state index is -3.08. The molecule has 35 nitrogen and oxygen atoms in total. The van der Waals surface area contributed by atoms with Crippen molar-refractivity contribution in [2.45, 2.75) is 92.3 Å². The van der Waals surface area contributed by atoms with E-state index < -0.39 is 292 Å². The number of nitrogens with zero attached hydrogens (tertiary/aromatic N) is 10. The Morgan fingerprint density at radius 2 is 0.538 bits per heavy atom. The van der Waals surface area contributed by atoms with Gasteiger partial charge in [0.1, 0.15) is 35.6 Å². The quantitative estimate of drug-likeness (QED) is 0.107. The fraction of sp³-hybridized carbons (Fsp3) is 0.273. The van der Waals surface area contributed by atoms with E-state index in [0.29, 0.717) is 102 Å². The van der Waals surface area contributed by atoms with Crippen LogP contribution in [0, 0.1) is 0 Å². The molecule has 30 rings (SSSR count). The molecule has 0 radical (unpaired) electrons. The molecule has 10 aromatic carbocycles. The van der Waals surface area contributed by atoms with Crippen LogP contribution in [-0.4, -0.2) is 265 Å². The van der Waals surface area contributed by atoms with Crippen molar-refractivity contribution in [3.8, 4) is 57.5 Å². The highest BCUT2D eigenvalue weighted by molar-refractivity contribution is 6.03. The van der Waals surface area contributed by atoms with E-state index >= 15 is 0 Å². The van der Waals surface area contributed by atoms with E-state index in [0.717, 1.165) is 14.7 Å². The van der Waals surface area contributed by atoms with Crippen molar-refractivity contribution in [2.24, 2.45) is 0 Å². The number of piperazine rings is 5. The van der Waals surface area contributed by atoms with Crippen LogP contribution < -0.4 is 47.4 Å². The van der Waals surface area contributed by atoms with Gasteiger partial charge in [0.2, 0.25) is 92.9 Å². The summed E-state index contributed by atoms with van der Waals surface area (Å²) in [7, 11) is 0. The monoisotopic (exact) mass is 1990 g/mol. The molecule has 0 aliphatic carbocycles. The van der Waals surface area contributed by atoms with Crippen molar-refractivity contribution in [1.82, 2.24) is 73.9 Å². The fourth-order valence-corrected chi connectivity index (χ4v) is 20.4. The van der Waals surface area contributed by atoms with Gasteiger partial charge in [0, 0.05) is 171 Å². The summed E-state index contributed by atoms with van der Waals surface area (Å²) in [4.78, 5) is 156. The summed E-state index contributed by atoms with van der Waals surface area (Å²) in [5.74, 6) is -9.53. The van der Waals surface area contributed by atoms with Crippen LogP contribution in [0.4, 0.5) is 0 Å². The number of likely N-dealkylation sites (N-methyl/N-ethyl adjacent to an activating group) is 5. The minimum absolute atomic E-state index is 0.0113. The molecule has 0 bridgehead atoms. The molecule has 20 heterocycles. The predicted molar refractivity (Wildman–Crippen MR) is 523 cm³/mol. The molecule has 730 valence electrons. The molecule has 15 aliphatic heterocycles. The van der Waals surface area contributed by atoms with Gasteiger partial charge < -0.3 is 121 Å². The molecule has 15 aliphatic rings. The Kier molecular flexibility index (Phi) is 12.9. The molecule has 10 amide bonds. The van der Waals surface area contributed by atoms with Gasteiger partial charge in [-0.05, 0) is 147 Å². The summed E-state index contributed by atoms with van der Waals surface area (Å²) in [5, 5.41) is 1.73. The second kappa shape index (κ2) is 33.9. The number of hydrogen-bond acceptors (Lipinski definition) is 20. The predicted octanol–water partition coefficient (Wildman–Crippen LogP) is 11.1. The number of ether oxygens (including phenoxy) is 10. The average Bonchev–Trinajstić information content (AvgIpc) is 1.61. The van der Waals surface area contributed by atoms with Gasteiger partial charge in [-0.2, -0.15) is 0 Å². The molecule has 35 heteroatoms. The maximum absolute atomic E-state index is 13.7. The van der Waals surface area contributed by atoms with Crippen molar-refractivity contribution in [2.75, 3.05) is 101 Å². The number of amides is 10. The second-order valence-electron chi connectivity index (χ2n) is 34.8. The molecule has 10 atom stereocenters. The number of fused-ring (bicyclic) bond motifs is 25. The number of carbonyl (C=O) groups excluding carboxylic acids is 10. The van der Waals surface area contributed by atoms with Gasteiger partial charge in [0.15, 0.2) is 57.5 Å². The molecule has 5 N–H and O–H groups in total. The van der Waals surface area contributed by atoms with Crippen LogP contribution >= 0.6 is 0 Å². The lowest BCUT2D eigenvalue weighted by molar-refractivity contribution is -0.157. The third-order valence-electron chi connectivity index (χ3n) is 26.8. The summed E-state index contributed by atoms with van der Waals surface area (Å²) in [6.07, 6.45) is -2.28. The lowest BCUT2D eigenvalue weighted by Crippen LogP contribution is -2.62. The van der Waals surface area contributed by atoms with Crippen LogP contribution in [-0.2, 0) is 80.0 Å². The number of hydrogen-bond donors (Lipinski definition) is 5. The summed E-state index contributed by atoms with van der Waals surface area (Å²) in [5.41, 5.74) is 3.25. The molecule has 5 fully saturated rings. The first kappa shape index (κ1) is 55.1. The maximum Gasteiger partial charge on any atom is 0.245 e. The third-order valence-corrected chi connectivity index (χ3v) is 26.8. The van der Waals surface area contributed by atoms with Crippen LogP contribution in [0.1, 0.15) is 169 Å². The van der Waals surface area contributed by atoms with Crippen molar-refractivity contribution < 1.29 is 150 Å². The lowest BCUT2D eigenvalue weighted by atomic mass is 9.86. The van der Waals surface area contributed by atoms with Crippen LogP contribution in [0.5, 0.6) is 57.5 Å². The van der Waals surface area contributed by atoms with Crippen molar-refractivity contribution in [3.63, 3.8) is 0 Å². The van der Waals surface area contributed by atoms with Crippen molar-refractivity contribution in [1.29, 1.82) is 0 Å². The highest BCUT2D eigenvalue weighted by Crippen LogP contribution is 2.53. The number of aromatic amines is 5. The molecule has 0 unspecified atom stereocenters. The average molecular weight is 1990 g/mol. The Morgan fingerprint density at radius 3 is 0.869 bits per heavy atom. The van der Waals surface area contributed by atoms with E-state index in [9.17, 15) is 61.7 Å². The van der Waals surface area contributed by atoms with E-state index in [1.807, 2.05) is 12.1 Å². The van der Waals surface area contributed by atoms with Gasteiger partial charge in [-0.3, -0.25) is 47.9 Å². The van der Waals surface area contributed by atoms with Gasteiger partial charge in [-0.15, -0.1) is 0 Å². The molecule has 15 aromatic rings. The van der Waals surface area contributed by atoms with Crippen LogP contribution in [0.3, 0.4) is 0 Å². The highest BCUT2D eigenvalue weighted by atomic mass is 16.7. The van der Waals surface area contributed by atoms with E-state index in [1.165, 1.54) is 54.6 Å². The summed E-state index contributed by atoms with van der Waals surface area (Å²) < 4.78 is 387. The number of carbonyl (C=O) groups is 10. The fourth-order valence-electron chi connectivity index (χ4n) is 20.4. The first-order valence-corrected chi connectivity index (χ1v) is 44.8. The first-order chi connectivity index (χ1) is 86.2. The van der Waals surface area contributed by atoms with E-state index in [4.69, 9.17) is 88.5 Å². The largest absolute Gasteiger partial charge is 0.454 e. The SMILES string of the molecule is [2H]C([2H])([2H])N1CC(=O)N2[C@]([2H])(c3ccc4c(c3)OCO4)c3[nH]c4ccccc4c3C[C@]2([2H])C1=O.[2H]C1([2H])Oc2ccc([C@]3([2H])c4[nH]c5ccccc5c4C[C@]4([2H])C(=O)N(C([2H])([2H])[2H])CC(=O)N34)cc2O1.[2H]c1c([2H])c([2H])c2c3c([nH]c2c1[2H])[C@@]([2H])(c1ccc2c(c1)OC([2H])([2H])O2)N1C(=O)CN(C([2H])([2H])[2H])C(=O)[C@@]1([2H])C3.[2H]c1c([2H])c([2H])c2c3c([nH]c2c1[2H])[C@@]([2H])(c1ccc2c(c1)OCO2)N1C(=O)CN(C([2H])([2H])[2H])C(=O)[C@@]1([2H])C3.[2H]c1c([2H])c([C@]2([2H])c3[nH]c4ccccc4c3C[C@]3([2H])C(=O)N(C([2H])([2H])[2H])CC(=O)N23)c([2H])c2c1OCO2. The number of rotatable bonds is 5. The zero-order chi connectivity index (χ0) is 133. The Morgan fingerprint density at radius 1 is 0.276 bits per heavy atom. The van der Waals surface area contributed by atoms with E-state index in [1.54, 1.807) is 78.9 Å². The standard InChI is InChI=1S/5C22H19N3O4/c5*1-24-10-19(26)25-16(22(24)27)9-14-13-4-2-3-5-15(13)23-20(14)21(25)12-6-7-17-18(8-12)29-11-28-17/h5*2-8,16,21,23H,9-11H2,1H3/t5*16-,21-/m11111/s1/i1D3,2D,3D,4D,5D,11D2,16D,21D;1D3,2D,3D,4D,5D,16D,21D;1D3,6D,7D,8D,16D,21D;1D3,11D2,16D,21D;1D3,16D,21D. The Hall–Kier alpha value is -17.4. The number of para-hydroxylation sites is 5. The lowest BCUT2D eigenvalue weighted by Gasteiger charge is -2.46. The molecule has 0 spiro atoms. The van der Waals surface area contributed by atoms with Gasteiger partial charge in [-0.25, -0.2) is 0 Å². The zero-order valence-electron chi connectivity index (χ0n) is 115. The Bertz CT molecular complexity index is 10300. The molecule has 5 aromatic heterocycles. The Balaban J connectivity index is 0.000000110. The number of benzene rings is 10. The summed E-state index contributed by atoms with van der Waals surface area (Å²) >= 11 is 0. The highest BCUT2D eigenvalue weighted by Gasteiger charge is 2.55. The second-order valence-corrected chi connectivity index (χ2v) is 34.8. The van der Waals surface area contributed by atoms with E-state index in [2.05, 4.69) is 24.9 Å². The van der Waals surface area contributed by atoms with Crippen LogP contribution in [0.25, 0.3) is 54.5 Å². The topological polar surface area (TPSA) is 374 Å². The number of aromatic nitrogens is 5. The third kappa shape index (κ3) is 14.2. The van der Waals surface area contributed by atoms with Crippen molar-refractivity contribution >= 4 is 114 Å². The number of nitrogens with one attached hydrogen (secondary N) is 5. The van der Waals surface area contributed by atoms with Crippen LogP contribution in [0.2, 0.25) is 0 Å². The Labute approximate surface area is 882 Å². The molecule has 145 heavy (non-hydrogen) atoms. The molecule has 0 saturated carbocycles. The summed E-state index contributed by atoms with van der Waals surface area (Å²) in [6, 6.07) is 8.20. The smallest absolute Gasteiger partial charge is 0.245 e. The molecule has 5 saturated heterocycles. The minimum Gasteiger partial charge on any atom is -0.454 e. The number of H-pyrrole nitrogens is 5. The molecular weight excluding hydrogens is 1850 g/mol. The van der Waals surface area contributed by atoms with Gasteiger partial charge in [-0.1, -0.05) is 121 Å². The van der Waals surface area contributed by atoms with E-state index in [-0.39, 0.29) is 156 Å². The normalized spacial score (nSPS) is 33.0. The molecular formula is C110H95N15O20. The summed E-state index contributed by atoms with van der Waals surface area (Å²) in [6.45, 7) is -24.6. The maximum atomic E-state index is 13.7. The zero-order valence-corrected chi connectivity index (χ0v) is 74.7. The van der Waals surface area contributed by atoms with Crippen molar-refractivity contribution in [3.05, 3.63) is 296 Å². The van der Waals surface area contributed by atoms with Gasteiger partial charge in [0.25, 0.3) is 0 Å². The van der Waals surface area contributed by atoms with Gasteiger partial charge >= 0.3 is 0 Å². The van der Waals surface area contributed by atoms with Gasteiger partial charge in [0.05, 0.1) is 91.6 Å². The van der Waals surface area contributed by atoms with Crippen LogP contribution in [0.15, 0.2) is 212 Å².